The van der Waals surface area contributed by atoms with Crippen molar-refractivity contribution in [1.82, 2.24) is 19.5 Å². The number of aromatic nitrogens is 1. The van der Waals surface area contributed by atoms with E-state index in [9.17, 15) is 18.3 Å². The van der Waals surface area contributed by atoms with Gasteiger partial charge in [-0.05, 0) is 50.7 Å². The second kappa shape index (κ2) is 8.03. The van der Waals surface area contributed by atoms with E-state index in [1.807, 2.05) is 11.0 Å². The molecule has 0 radical (unpaired) electrons. The molecule has 1 aromatic heterocycles. The van der Waals surface area contributed by atoms with Crippen LogP contribution in [0.1, 0.15) is 38.5 Å². The molecule has 9 heteroatoms. The topological polar surface area (TPSA) is 103 Å². The average Bonchev–Trinajstić information content (AvgIpc) is 3.05. The van der Waals surface area contributed by atoms with E-state index in [0.29, 0.717) is 31.2 Å². The zero-order chi connectivity index (χ0) is 21.6. The molecular weight excluding hydrogens is 416 g/mol. The van der Waals surface area contributed by atoms with Gasteiger partial charge in [-0.1, -0.05) is 12.1 Å². The number of pyridine rings is 1. The van der Waals surface area contributed by atoms with E-state index in [-0.39, 0.29) is 41.7 Å². The lowest BCUT2D eigenvalue weighted by Crippen LogP contribution is -2.57. The van der Waals surface area contributed by atoms with Gasteiger partial charge >= 0.3 is 6.03 Å². The van der Waals surface area contributed by atoms with Crippen LogP contribution in [0.15, 0.2) is 41.6 Å². The molecule has 5 rings (SSSR count). The third kappa shape index (κ3) is 3.79. The number of sulfonamides is 1. The molecule has 1 aromatic carbocycles. The zero-order valence-electron chi connectivity index (χ0n) is 17.4. The summed E-state index contributed by atoms with van der Waals surface area (Å²) in [4.78, 5) is 19.2. The molecule has 2 aromatic rings. The van der Waals surface area contributed by atoms with E-state index < -0.39 is 10.0 Å². The Bertz CT molecular complexity index is 1070. The Balaban J connectivity index is 1.32. The molecule has 166 valence electrons. The maximum absolute atomic E-state index is 13.4. The Labute approximate surface area is 182 Å². The van der Waals surface area contributed by atoms with Crippen LogP contribution >= 0.6 is 0 Å². The number of urea groups is 1. The van der Waals surface area contributed by atoms with Crippen molar-refractivity contribution >= 4 is 26.8 Å². The van der Waals surface area contributed by atoms with E-state index in [1.165, 1.54) is 4.31 Å². The summed E-state index contributed by atoms with van der Waals surface area (Å²) in [5, 5.41) is 14.5. The summed E-state index contributed by atoms with van der Waals surface area (Å²) < 4.78 is 28.4. The van der Waals surface area contributed by atoms with Crippen LogP contribution in [0, 0.1) is 0 Å². The number of hydrogen-bond acceptors (Lipinski definition) is 5. The fourth-order valence-corrected chi connectivity index (χ4v) is 7.20. The molecule has 8 nitrogen and oxygen atoms in total. The van der Waals surface area contributed by atoms with Gasteiger partial charge in [0, 0.05) is 54.4 Å². The van der Waals surface area contributed by atoms with Gasteiger partial charge in [-0.15, -0.1) is 0 Å². The van der Waals surface area contributed by atoms with Gasteiger partial charge in [0.25, 0.3) is 0 Å². The number of piperidine rings is 2. The van der Waals surface area contributed by atoms with Crippen molar-refractivity contribution in [1.29, 1.82) is 0 Å². The number of carbonyl (C=O) groups is 1. The summed E-state index contributed by atoms with van der Waals surface area (Å²) >= 11 is 0. The number of fused-ring (bicyclic) bond motifs is 3. The van der Waals surface area contributed by atoms with Gasteiger partial charge in [0.2, 0.25) is 10.0 Å². The van der Waals surface area contributed by atoms with Crippen LogP contribution in [0.4, 0.5) is 4.79 Å². The summed E-state index contributed by atoms with van der Waals surface area (Å²) in [5.74, 6) is 0. The van der Waals surface area contributed by atoms with Crippen LogP contribution in [0.2, 0.25) is 0 Å². The highest BCUT2D eigenvalue weighted by Crippen LogP contribution is 2.36. The number of carbonyl (C=O) groups excluding carboxylic acids is 1. The van der Waals surface area contributed by atoms with Gasteiger partial charge in [0.05, 0.1) is 11.0 Å². The van der Waals surface area contributed by atoms with E-state index >= 15 is 0 Å². The number of aliphatic hydroxyl groups is 1. The Kier molecular flexibility index (Phi) is 5.35. The van der Waals surface area contributed by atoms with E-state index in [4.69, 9.17) is 0 Å². The number of rotatable bonds is 3. The summed E-state index contributed by atoms with van der Waals surface area (Å²) in [6.07, 6.45) is 7.50. The van der Waals surface area contributed by atoms with Crippen molar-refractivity contribution in [3.63, 3.8) is 0 Å². The minimum absolute atomic E-state index is 0.0847. The lowest BCUT2D eigenvalue weighted by atomic mass is 10.0. The SMILES string of the molecule is O=C(N[C@H]1CCCN(S(=O)(=O)c2cccc3cnccc23)C1)N1[C@@H]2CC[C@H]1CC(O)C2. The van der Waals surface area contributed by atoms with E-state index in [1.54, 1.807) is 30.6 Å². The van der Waals surface area contributed by atoms with Crippen LogP contribution < -0.4 is 5.32 Å². The van der Waals surface area contributed by atoms with Gasteiger partial charge in [-0.2, -0.15) is 4.31 Å². The molecule has 31 heavy (non-hydrogen) atoms. The first-order valence-electron chi connectivity index (χ1n) is 11.0. The number of nitrogens with zero attached hydrogens (tertiary/aromatic N) is 3. The first kappa shape index (κ1) is 20.7. The van der Waals surface area contributed by atoms with Gasteiger partial charge in [0.15, 0.2) is 0 Å². The van der Waals surface area contributed by atoms with Crippen molar-refractivity contribution in [2.75, 3.05) is 13.1 Å². The van der Waals surface area contributed by atoms with Crippen LogP contribution in [0.5, 0.6) is 0 Å². The normalized spacial score (nSPS) is 29.3. The van der Waals surface area contributed by atoms with Crippen LogP contribution in [-0.2, 0) is 10.0 Å². The van der Waals surface area contributed by atoms with Crippen molar-refractivity contribution < 1.29 is 18.3 Å². The van der Waals surface area contributed by atoms with Crippen molar-refractivity contribution in [3.05, 3.63) is 36.7 Å². The molecular formula is C22H28N4O4S. The van der Waals surface area contributed by atoms with E-state index in [0.717, 1.165) is 24.6 Å². The smallest absolute Gasteiger partial charge is 0.318 e. The molecule has 3 fully saturated rings. The van der Waals surface area contributed by atoms with Crippen LogP contribution in [-0.4, -0.2) is 71.1 Å². The summed E-state index contributed by atoms with van der Waals surface area (Å²) in [7, 11) is -3.69. The van der Waals surface area contributed by atoms with Crippen LogP contribution in [0.3, 0.4) is 0 Å². The molecule has 2 bridgehead atoms. The Morgan fingerprint density at radius 2 is 1.90 bits per heavy atom. The highest BCUT2D eigenvalue weighted by Gasteiger charge is 2.43. The second-order valence-corrected chi connectivity index (χ2v) is 10.8. The Morgan fingerprint density at radius 1 is 1.13 bits per heavy atom. The molecule has 0 aliphatic carbocycles. The maximum Gasteiger partial charge on any atom is 0.318 e. The van der Waals surface area contributed by atoms with Crippen molar-refractivity contribution in [2.24, 2.45) is 0 Å². The monoisotopic (exact) mass is 444 g/mol. The van der Waals surface area contributed by atoms with Gasteiger partial charge in [-0.25, -0.2) is 13.2 Å². The fraction of sp³-hybridized carbons (Fsp3) is 0.545. The first-order chi connectivity index (χ1) is 14.9. The predicted octanol–water partition coefficient (Wildman–Crippen LogP) is 2.09. The number of aliphatic hydroxyl groups excluding tert-OH is 1. The fourth-order valence-electron chi connectivity index (χ4n) is 5.46. The lowest BCUT2D eigenvalue weighted by molar-refractivity contribution is 0.0528. The molecule has 4 heterocycles. The largest absolute Gasteiger partial charge is 0.393 e. The quantitative estimate of drug-likeness (QED) is 0.755. The molecule has 3 saturated heterocycles. The third-order valence-corrected chi connectivity index (χ3v) is 8.84. The van der Waals surface area contributed by atoms with Gasteiger partial charge in [-0.3, -0.25) is 4.98 Å². The van der Waals surface area contributed by atoms with E-state index in [2.05, 4.69) is 10.3 Å². The van der Waals surface area contributed by atoms with Gasteiger partial charge in [0.1, 0.15) is 0 Å². The number of nitrogens with one attached hydrogen (secondary N) is 1. The standard InChI is InChI=1S/C22H28N4O4S/c27-19-11-17-6-7-18(12-19)26(17)22(28)24-16-4-2-10-25(14-16)31(29,30)21-5-1-3-15-13-23-9-8-20(15)21/h1,3,5,8-9,13,16-19,27H,2,4,6-7,10-12,14H2,(H,24,28)/t16-,17-,18+,19?/m0/s1. The number of amides is 2. The minimum atomic E-state index is -3.69. The highest BCUT2D eigenvalue weighted by atomic mass is 32.2. The molecule has 2 N–H and O–H groups in total. The lowest BCUT2D eigenvalue weighted by Gasteiger charge is -2.39. The van der Waals surface area contributed by atoms with Crippen molar-refractivity contribution in [2.45, 2.75) is 67.6 Å². The second-order valence-electron chi connectivity index (χ2n) is 8.92. The molecule has 3 aliphatic heterocycles. The summed E-state index contributed by atoms with van der Waals surface area (Å²) in [6.45, 7) is 0.707. The maximum atomic E-state index is 13.4. The third-order valence-electron chi connectivity index (χ3n) is 6.91. The molecule has 1 unspecified atom stereocenters. The van der Waals surface area contributed by atoms with Gasteiger partial charge < -0.3 is 15.3 Å². The minimum Gasteiger partial charge on any atom is -0.393 e. The Morgan fingerprint density at radius 3 is 2.68 bits per heavy atom. The van der Waals surface area contributed by atoms with Crippen LogP contribution in [0.25, 0.3) is 10.8 Å². The molecule has 3 aliphatic rings. The molecule has 0 saturated carbocycles. The molecule has 2 amide bonds. The summed E-state index contributed by atoms with van der Waals surface area (Å²) in [6, 6.07) is 6.77. The highest BCUT2D eigenvalue weighted by molar-refractivity contribution is 7.89. The van der Waals surface area contributed by atoms with Crippen molar-refractivity contribution in [3.8, 4) is 0 Å². The first-order valence-corrected chi connectivity index (χ1v) is 12.5. The number of hydrogen-bond donors (Lipinski definition) is 2. The Hall–Kier alpha value is -2.23. The zero-order valence-corrected chi connectivity index (χ0v) is 18.2. The predicted molar refractivity (Wildman–Crippen MR) is 116 cm³/mol. The average molecular weight is 445 g/mol. The number of benzene rings is 1. The summed E-state index contributed by atoms with van der Waals surface area (Å²) in [5.41, 5.74) is 0. The molecule has 4 atom stereocenters. The molecule has 0 spiro atoms.